The fraction of sp³-hybridized carbons (Fsp3) is 0.800. The third-order valence-electron chi connectivity index (χ3n) is 2.30. The average Bonchev–Trinajstić information content (AvgIpc) is 2.07. The van der Waals surface area contributed by atoms with Crippen LogP contribution in [0.1, 0.15) is 39.5 Å². The van der Waals surface area contributed by atoms with Gasteiger partial charge in [-0.2, -0.15) is 0 Å². The highest BCUT2D eigenvalue weighted by Gasteiger charge is 2.19. The molecule has 0 amide bonds. The lowest BCUT2D eigenvalue weighted by Crippen LogP contribution is -2.22. The maximum atomic E-state index is 10.6. The van der Waals surface area contributed by atoms with Crippen LogP contribution in [-0.2, 0) is 9.53 Å². The molecule has 0 saturated heterocycles. The maximum Gasteiger partial charge on any atom is 0.503 e. The predicted octanol–water partition coefficient (Wildman–Crippen LogP) is 2.35. The molecule has 0 atom stereocenters. The first-order valence-corrected chi connectivity index (χ1v) is 5.01. The van der Waals surface area contributed by atoms with Gasteiger partial charge in [0.25, 0.3) is 0 Å². The second-order valence-corrected chi connectivity index (χ2v) is 3.77. The Balaban J connectivity index is 0.000000423. The van der Waals surface area contributed by atoms with Crippen molar-refractivity contribution in [2.75, 3.05) is 0 Å². The number of carbonyl (C=O) groups is 2. The maximum absolute atomic E-state index is 10.6. The van der Waals surface area contributed by atoms with Crippen molar-refractivity contribution in [1.82, 2.24) is 0 Å². The molecule has 0 radical (unpaired) electrons. The first kappa shape index (κ1) is 13.7. The minimum absolute atomic E-state index is 0.135. The molecular formula is C10H18O5. The Morgan fingerprint density at radius 3 is 1.87 bits per heavy atom. The van der Waals surface area contributed by atoms with E-state index in [9.17, 15) is 4.79 Å². The van der Waals surface area contributed by atoms with E-state index in [4.69, 9.17) is 19.7 Å². The minimum atomic E-state index is -1.83. The Morgan fingerprint density at radius 2 is 1.53 bits per heavy atom. The molecule has 5 heteroatoms. The summed E-state index contributed by atoms with van der Waals surface area (Å²) in [5.74, 6) is 0.686. The summed E-state index contributed by atoms with van der Waals surface area (Å²) in [4.78, 5) is 19.1. The third kappa shape index (κ3) is 9.05. The van der Waals surface area contributed by atoms with Gasteiger partial charge in [0.1, 0.15) is 6.10 Å². The number of carbonyl (C=O) groups excluding carboxylic acids is 1. The van der Waals surface area contributed by atoms with Crippen molar-refractivity contribution >= 4 is 12.1 Å². The second-order valence-electron chi connectivity index (χ2n) is 3.77. The summed E-state index contributed by atoms with van der Waals surface area (Å²) >= 11 is 0. The molecule has 2 N–H and O–H groups in total. The van der Waals surface area contributed by atoms with E-state index in [1.165, 1.54) is 19.8 Å². The normalized spacial score (nSPS) is 24.7. The van der Waals surface area contributed by atoms with E-state index in [0.717, 1.165) is 18.8 Å². The summed E-state index contributed by atoms with van der Waals surface area (Å²) in [6.07, 6.45) is 2.90. The van der Waals surface area contributed by atoms with Gasteiger partial charge in [-0.25, -0.2) is 4.79 Å². The Hall–Kier alpha value is -1.26. The molecule has 0 bridgehead atoms. The molecule has 0 aliphatic heterocycles. The lowest BCUT2D eigenvalue weighted by atomic mass is 9.89. The van der Waals surface area contributed by atoms with Crippen molar-refractivity contribution in [1.29, 1.82) is 0 Å². The number of rotatable bonds is 1. The molecule has 0 aromatic carbocycles. The molecule has 0 unspecified atom stereocenters. The SMILES string of the molecule is CC(=O)OC1CCC(C)CC1.O=C(O)O. The monoisotopic (exact) mass is 218 g/mol. The van der Waals surface area contributed by atoms with Crippen molar-refractivity contribution in [3.63, 3.8) is 0 Å². The number of esters is 1. The molecule has 15 heavy (non-hydrogen) atoms. The van der Waals surface area contributed by atoms with Crippen LogP contribution in [0.25, 0.3) is 0 Å². The average molecular weight is 218 g/mol. The van der Waals surface area contributed by atoms with Gasteiger partial charge in [0.2, 0.25) is 0 Å². The Labute approximate surface area is 89.0 Å². The van der Waals surface area contributed by atoms with Crippen LogP contribution in [0.3, 0.4) is 0 Å². The lowest BCUT2D eigenvalue weighted by Gasteiger charge is -2.25. The molecule has 88 valence electrons. The first-order valence-electron chi connectivity index (χ1n) is 5.01. The van der Waals surface area contributed by atoms with Gasteiger partial charge >= 0.3 is 12.1 Å². The summed E-state index contributed by atoms with van der Waals surface area (Å²) in [6, 6.07) is 0. The largest absolute Gasteiger partial charge is 0.503 e. The van der Waals surface area contributed by atoms with E-state index in [1.54, 1.807) is 0 Å². The summed E-state index contributed by atoms with van der Waals surface area (Å²) < 4.78 is 5.10. The molecule has 1 rings (SSSR count). The highest BCUT2D eigenvalue weighted by Crippen LogP contribution is 2.25. The molecule has 1 fully saturated rings. The quantitative estimate of drug-likeness (QED) is 0.660. The van der Waals surface area contributed by atoms with E-state index in [1.807, 2.05) is 0 Å². The zero-order valence-corrected chi connectivity index (χ0v) is 9.10. The second kappa shape index (κ2) is 7.09. The van der Waals surface area contributed by atoms with Gasteiger partial charge in [-0.3, -0.25) is 4.79 Å². The van der Waals surface area contributed by atoms with Gasteiger partial charge in [-0.15, -0.1) is 0 Å². The molecule has 0 aromatic rings. The molecule has 1 aliphatic rings. The van der Waals surface area contributed by atoms with Crippen LogP contribution in [-0.4, -0.2) is 28.4 Å². The van der Waals surface area contributed by atoms with Gasteiger partial charge in [0.05, 0.1) is 0 Å². The predicted molar refractivity (Wildman–Crippen MR) is 53.8 cm³/mol. The Kier molecular flexibility index (Phi) is 6.49. The number of ether oxygens (including phenoxy) is 1. The molecule has 0 spiro atoms. The highest BCUT2D eigenvalue weighted by atomic mass is 16.6. The van der Waals surface area contributed by atoms with Crippen LogP contribution in [0.15, 0.2) is 0 Å². The zero-order chi connectivity index (χ0) is 11.8. The Morgan fingerprint density at radius 1 is 1.13 bits per heavy atom. The summed E-state index contributed by atoms with van der Waals surface area (Å²) in [7, 11) is 0. The molecule has 1 saturated carbocycles. The molecule has 1 aliphatic carbocycles. The molecule has 5 nitrogen and oxygen atoms in total. The van der Waals surface area contributed by atoms with Gasteiger partial charge < -0.3 is 14.9 Å². The van der Waals surface area contributed by atoms with Crippen LogP contribution in [0, 0.1) is 5.92 Å². The third-order valence-corrected chi connectivity index (χ3v) is 2.30. The van der Waals surface area contributed by atoms with Gasteiger partial charge in [-0.05, 0) is 31.6 Å². The smallest absolute Gasteiger partial charge is 0.463 e. The van der Waals surface area contributed by atoms with Crippen LogP contribution in [0.2, 0.25) is 0 Å². The fourth-order valence-electron chi connectivity index (χ4n) is 1.58. The molecular weight excluding hydrogens is 200 g/mol. The van der Waals surface area contributed by atoms with Crippen molar-refractivity contribution < 1.29 is 24.5 Å². The minimum Gasteiger partial charge on any atom is -0.463 e. The van der Waals surface area contributed by atoms with E-state index >= 15 is 0 Å². The topological polar surface area (TPSA) is 83.8 Å². The van der Waals surface area contributed by atoms with Crippen molar-refractivity contribution in [2.24, 2.45) is 5.92 Å². The fourth-order valence-corrected chi connectivity index (χ4v) is 1.58. The number of hydrogen-bond donors (Lipinski definition) is 2. The molecule has 0 heterocycles. The molecule has 0 aromatic heterocycles. The lowest BCUT2D eigenvalue weighted by molar-refractivity contribution is -0.148. The van der Waals surface area contributed by atoms with E-state index < -0.39 is 6.16 Å². The van der Waals surface area contributed by atoms with Crippen molar-refractivity contribution in [3.8, 4) is 0 Å². The van der Waals surface area contributed by atoms with E-state index in [0.29, 0.717) is 0 Å². The summed E-state index contributed by atoms with van der Waals surface area (Å²) in [5, 5.41) is 13.9. The van der Waals surface area contributed by atoms with Crippen molar-refractivity contribution in [2.45, 2.75) is 45.6 Å². The van der Waals surface area contributed by atoms with Crippen LogP contribution in [0.4, 0.5) is 4.79 Å². The van der Waals surface area contributed by atoms with Crippen LogP contribution in [0.5, 0.6) is 0 Å². The number of carboxylic acid groups (broad SMARTS) is 2. The van der Waals surface area contributed by atoms with Crippen molar-refractivity contribution in [3.05, 3.63) is 0 Å². The zero-order valence-electron chi connectivity index (χ0n) is 9.10. The van der Waals surface area contributed by atoms with Crippen LogP contribution < -0.4 is 0 Å². The summed E-state index contributed by atoms with van der Waals surface area (Å²) in [5.41, 5.74) is 0. The standard InChI is InChI=1S/C9H16O2.CH2O3/c1-7-3-5-9(6-4-7)11-8(2)10;2-1(3)4/h7,9H,3-6H2,1-2H3;(H2,2,3,4). The van der Waals surface area contributed by atoms with Gasteiger partial charge in [0.15, 0.2) is 0 Å². The number of hydrogen-bond acceptors (Lipinski definition) is 3. The van der Waals surface area contributed by atoms with Crippen LogP contribution >= 0.6 is 0 Å². The van der Waals surface area contributed by atoms with Gasteiger partial charge in [-0.1, -0.05) is 6.92 Å². The van der Waals surface area contributed by atoms with E-state index in [-0.39, 0.29) is 12.1 Å². The van der Waals surface area contributed by atoms with E-state index in [2.05, 4.69) is 6.92 Å². The Bertz CT molecular complexity index is 202. The van der Waals surface area contributed by atoms with Gasteiger partial charge in [0, 0.05) is 6.92 Å². The first-order chi connectivity index (χ1) is 6.91. The highest BCUT2D eigenvalue weighted by molar-refractivity contribution is 5.66. The summed E-state index contributed by atoms with van der Waals surface area (Å²) in [6.45, 7) is 3.74.